The maximum atomic E-state index is 7.50. The topological polar surface area (TPSA) is 68.3 Å². The van der Waals surface area contributed by atoms with Gasteiger partial charge in [-0.1, -0.05) is 80.3 Å². The molecule has 0 spiro atoms. The van der Waals surface area contributed by atoms with Gasteiger partial charge in [0.25, 0.3) is 0 Å². The summed E-state index contributed by atoms with van der Waals surface area (Å²) in [5.41, 5.74) is 11.6. The first-order chi connectivity index (χ1) is 18.5. The zero-order valence-electron chi connectivity index (χ0n) is 22.3. The summed E-state index contributed by atoms with van der Waals surface area (Å²) >= 11 is 0. The zero-order valence-corrected chi connectivity index (χ0v) is 22.3. The van der Waals surface area contributed by atoms with Gasteiger partial charge in [-0.25, -0.2) is 0 Å². The Morgan fingerprint density at radius 2 is 1.47 bits per heavy atom. The average Bonchev–Trinajstić information content (AvgIpc) is 2.96. The Labute approximate surface area is 226 Å². The third kappa shape index (κ3) is 6.02. The van der Waals surface area contributed by atoms with Crippen LogP contribution in [0.3, 0.4) is 0 Å². The first-order valence-corrected chi connectivity index (χ1v) is 13.8. The van der Waals surface area contributed by atoms with Crippen molar-refractivity contribution in [1.29, 1.82) is 5.41 Å². The molecule has 0 aliphatic heterocycles. The molecule has 0 amide bonds. The van der Waals surface area contributed by atoms with Crippen LogP contribution in [0.15, 0.2) is 96.6 Å². The summed E-state index contributed by atoms with van der Waals surface area (Å²) in [5.74, 6) is 2.32. The summed E-state index contributed by atoms with van der Waals surface area (Å²) in [6.45, 7) is 3.30. The van der Waals surface area contributed by atoms with E-state index in [1.54, 1.807) is 17.7 Å². The largest absolute Gasteiger partial charge is 0.489 e. The molecular formula is C34H38N2O2. The lowest BCUT2D eigenvalue weighted by Gasteiger charge is -2.42. The fourth-order valence-corrected chi connectivity index (χ4v) is 5.89. The van der Waals surface area contributed by atoms with Gasteiger partial charge in [-0.3, -0.25) is 5.41 Å². The molecule has 2 aliphatic rings. The molecular weight excluding hydrogens is 468 g/mol. The van der Waals surface area contributed by atoms with Crippen LogP contribution in [0.1, 0.15) is 67.7 Å². The Morgan fingerprint density at radius 3 is 2.05 bits per heavy atom. The number of nitrogen functional groups attached to an aromatic ring is 1. The van der Waals surface area contributed by atoms with E-state index < -0.39 is 0 Å². The molecule has 1 atom stereocenters. The lowest BCUT2D eigenvalue weighted by Crippen LogP contribution is -2.32. The molecule has 38 heavy (non-hydrogen) atoms. The van der Waals surface area contributed by atoms with E-state index in [9.17, 15) is 0 Å². The summed E-state index contributed by atoms with van der Waals surface area (Å²) < 4.78 is 12.1. The molecule has 0 heterocycles. The first-order valence-electron chi connectivity index (χ1n) is 13.8. The first kappa shape index (κ1) is 25.8. The summed E-state index contributed by atoms with van der Waals surface area (Å²) in [6.07, 6.45) is 14.6. The number of allylic oxidation sites excluding steroid dienone is 4. The van der Waals surface area contributed by atoms with Crippen LogP contribution in [-0.4, -0.2) is 5.84 Å². The maximum Gasteiger partial charge on any atom is 0.122 e. The summed E-state index contributed by atoms with van der Waals surface area (Å²) in [5, 5.41) is 7.50. The van der Waals surface area contributed by atoms with Gasteiger partial charge in [0.2, 0.25) is 0 Å². The highest BCUT2D eigenvalue weighted by Gasteiger charge is 2.37. The van der Waals surface area contributed by atoms with Crippen LogP contribution in [0.2, 0.25) is 0 Å². The Balaban J connectivity index is 1.21. The lowest BCUT2D eigenvalue weighted by molar-refractivity contribution is 0.299. The van der Waals surface area contributed by atoms with Gasteiger partial charge < -0.3 is 15.2 Å². The minimum absolute atomic E-state index is 0.0565. The van der Waals surface area contributed by atoms with Gasteiger partial charge in [0.1, 0.15) is 30.5 Å². The van der Waals surface area contributed by atoms with Gasteiger partial charge in [-0.2, -0.15) is 0 Å². The van der Waals surface area contributed by atoms with E-state index in [2.05, 4.69) is 67.6 Å². The second kappa shape index (κ2) is 11.7. The normalized spacial score (nSPS) is 18.4. The second-order valence-electron chi connectivity index (χ2n) is 10.8. The van der Waals surface area contributed by atoms with Crippen molar-refractivity contribution in [3.05, 3.63) is 119 Å². The van der Waals surface area contributed by atoms with E-state index >= 15 is 0 Å². The number of hydrogen-bond acceptors (Lipinski definition) is 3. The molecule has 3 aromatic rings. The Morgan fingerprint density at radius 1 is 0.868 bits per heavy atom. The third-order valence-electron chi connectivity index (χ3n) is 7.98. The summed E-state index contributed by atoms with van der Waals surface area (Å²) in [7, 11) is 0. The molecule has 4 nitrogen and oxygen atoms in total. The van der Waals surface area contributed by atoms with E-state index in [0.717, 1.165) is 22.6 Å². The van der Waals surface area contributed by atoms with Crippen molar-refractivity contribution >= 4 is 5.84 Å². The molecule has 2 aliphatic carbocycles. The molecule has 5 rings (SSSR count). The Hall–Kier alpha value is -3.79. The second-order valence-corrected chi connectivity index (χ2v) is 10.8. The van der Waals surface area contributed by atoms with Gasteiger partial charge in [0.15, 0.2) is 0 Å². The number of nitrogens with one attached hydrogen (secondary N) is 1. The van der Waals surface area contributed by atoms with Crippen molar-refractivity contribution in [3.63, 3.8) is 0 Å². The van der Waals surface area contributed by atoms with Crippen molar-refractivity contribution in [3.8, 4) is 11.5 Å². The van der Waals surface area contributed by atoms with Crippen LogP contribution >= 0.6 is 0 Å². The van der Waals surface area contributed by atoms with Gasteiger partial charge in [-0.05, 0) is 84.3 Å². The molecule has 3 N–H and O–H groups in total. The van der Waals surface area contributed by atoms with Crippen LogP contribution in [0.5, 0.6) is 11.5 Å². The van der Waals surface area contributed by atoms with Crippen LogP contribution in [0.25, 0.3) is 0 Å². The van der Waals surface area contributed by atoms with Gasteiger partial charge >= 0.3 is 0 Å². The van der Waals surface area contributed by atoms with Crippen molar-refractivity contribution < 1.29 is 9.47 Å². The highest BCUT2D eigenvalue weighted by Crippen LogP contribution is 2.48. The molecule has 0 bridgehead atoms. The predicted octanol–water partition coefficient (Wildman–Crippen LogP) is 7.85. The quantitative estimate of drug-likeness (QED) is 0.229. The van der Waals surface area contributed by atoms with E-state index in [4.69, 9.17) is 20.6 Å². The van der Waals surface area contributed by atoms with Crippen molar-refractivity contribution in [2.45, 2.75) is 64.1 Å². The average molecular weight is 507 g/mol. The number of benzene rings is 3. The molecule has 4 heteroatoms. The van der Waals surface area contributed by atoms with Gasteiger partial charge in [0.05, 0.1) is 0 Å². The lowest BCUT2D eigenvalue weighted by atomic mass is 9.62. The third-order valence-corrected chi connectivity index (χ3v) is 7.98. The number of ether oxygens (including phenoxy) is 2. The van der Waals surface area contributed by atoms with Gasteiger partial charge in [-0.15, -0.1) is 0 Å². The molecule has 1 unspecified atom stereocenters. The molecule has 196 valence electrons. The molecule has 0 saturated heterocycles. The van der Waals surface area contributed by atoms with Crippen LogP contribution < -0.4 is 15.2 Å². The molecule has 0 radical (unpaired) electrons. The summed E-state index contributed by atoms with van der Waals surface area (Å²) in [6, 6.07) is 24.5. The predicted molar refractivity (Wildman–Crippen MR) is 155 cm³/mol. The van der Waals surface area contributed by atoms with Gasteiger partial charge in [0, 0.05) is 11.0 Å². The minimum Gasteiger partial charge on any atom is -0.489 e. The van der Waals surface area contributed by atoms with E-state index in [1.165, 1.54) is 44.1 Å². The highest BCUT2D eigenvalue weighted by molar-refractivity contribution is 5.94. The monoisotopic (exact) mass is 506 g/mol. The zero-order chi connectivity index (χ0) is 26.4. The van der Waals surface area contributed by atoms with Crippen molar-refractivity contribution in [2.75, 3.05) is 0 Å². The summed E-state index contributed by atoms with van der Waals surface area (Å²) in [4.78, 5) is 0. The minimum atomic E-state index is 0.0565. The van der Waals surface area contributed by atoms with E-state index in [-0.39, 0.29) is 11.3 Å². The molecule has 3 aromatic carbocycles. The molecule has 1 saturated carbocycles. The number of hydrogen-bond donors (Lipinski definition) is 2. The van der Waals surface area contributed by atoms with E-state index in [1.807, 2.05) is 18.2 Å². The number of nitrogens with two attached hydrogens (primary N) is 1. The Kier molecular flexibility index (Phi) is 7.97. The smallest absolute Gasteiger partial charge is 0.122 e. The molecule has 0 aromatic heterocycles. The maximum absolute atomic E-state index is 7.50. The molecule has 1 fully saturated rings. The van der Waals surface area contributed by atoms with Crippen LogP contribution in [0, 0.1) is 11.3 Å². The van der Waals surface area contributed by atoms with E-state index in [0.29, 0.717) is 24.7 Å². The van der Waals surface area contributed by atoms with Crippen molar-refractivity contribution in [1.82, 2.24) is 0 Å². The fourth-order valence-electron chi connectivity index (χ4n) is 5.89. The van der Waals surface area contributed by atoms with Crippen molar-refractivity contribution in [2.24, 2.45) is 11.7 Å². The van der Waals surface area contributed by atoms with Crippen LogP contribution in [-0.2, 0) is 18.6 Å². The fraction of sp³-hybridized carbons (Fsp3) is 0.324. The standard InChI is InChI=1S/C34H38N2O2/c1-25-7-5-10-30(21-25)34(19-3-2-4-20-34)29-13-17-32(18-14-29)38-24-27-9-6-8-26(22-27)23-37-31-15-11-28(12-16-31)33(35)36/h5-18,22,25H,2-4,19-21,23-24H2,1H3,(H3,35,36). The SMILES string of the molecule is CC1C=CC=C(C2(c3ccc(OCc4cccc(COc5ccc(C(=N)N)cc5)c4)cc3)CCCCC2)C1. The highest BCUT2D eigenvalue weighted by atomic mass is 16.5. The van der Waals surface area contributed by atoms with Crippen LogP contribution in [0.4, 0.5) is 0 Å². The number of amidine groups is 1. The Bertz CT molecular complexity index is 1300. The number of rotatable bonds is 9.